The molecule has 0 spiro atoms. The van der Waals surface area contributed by atoms with Gasteiger partial charge < -0.3 is 5.11 Å². The number of hydrogen-bond acceptors (Lipinski definition) is 1. The van der Waals surface area contributed by atoms with Crippen molar-refractivity contribution in [3.05, 3.63) is 22.3 Å². The normalized spacial score (nSPS) is 13.5. The molecule has 1 N–H and O–H groups in total. The minimum atomic E-state index is -0.670. The van der Waals surface area contributed by atoms with Crippen molar-refractivity contribution >= 4 is 5.97 Å². The van der Waals surface area contributed by atoms with Gasteiger partial charge >= 0.3 is 5.97 Å². The van der Waals surface area contributed by atoms with E-state index in [0.29, 0.717) is 6.42 Å². The van der Waals surface area contributed by atoms with E-state index in [1.807, 2.05) is 0 Å². The lowest BCUT2D eigenvalue weighted by Gasteiger charge is -2.13. The Labute approximate surface area is 150 Å². The van der Waals surface area contributed by atoms with Crippen molar-refractivity contribution in [2.75, 3.05) is 0 Å². The minimum Gasteiger partial charge on any atom is -0.481 e. The zero-order valence-electron chi connectivity index (χ0n) is 16.8. The van der Waals surface area contributed by atoms with Crippen LogP contribution in [-0.2, 0) is 4.79 Å². The molecule has 0 aromatic heterocycles. The molecule has 140 valence electrons. The molecule has 0 aliphatic carbocycles. The molecular weight excluding hydrogens is 296 g/mol. The molecule has 0 saturated heterocycles. The van der Waals surface area contributed by atoms with Gasteiger partial charge in [0.25, 0.3) is 0 Å². The first-order valence-corrected chi connectivity index (χ1v) is 9.95. The third kappa shape index (κ3) is 11.5. The highest BCUT2D eigenvalue weighted by molar-refractivity contribution is 5.66. The van der Waals surface area contributed by atoms with Crippen LogP contribution in [-0.4, -0.2) is 11.1 Å². The molecule has 0 aliphatic rings. The maximum Gasteiger partial charge on any atom is 0.303 e. The summed E-state index contributed by atoms with van der Waals surface area (Å²) in [6.45, 7) is 11.4. The first-order chi connectivity index (χ1) is 11.4. The number of hydrogen-bond donors (Lipinski definition) is 1. The summed E-state index contributed by atoms with van der Waals surface area (Å²) in [6, 6.07) is 0. The quantitative estimate of drug-likeness (QED) is 0.264. The van der Waals surface area contributed by atoms with Crippen LogP contribution in [0.5, 0.6) is 0 Å². The smallest absolute Gasteiger partial charge is 0.303 e. The SMILES string of the molecule is CCCCCC/C(C)=C(C)/C(C)=C(/C)CCCCCCCC(=O)O. The highest BCUT2D eigenvalue weighted by atomic mass is 16.4. The Hall–Kier alpha value is -1.05. The average Bonchev–Trinajstić information content (AvgIpc) is 2.55. The first-order valence-electron chi connectivity index (χ1n) is 9.95. The van der Waals surface area contributed by atoms with Gasteiger partial charge in [-0.15, -0.1) is 0 Å². The number of rotatable bonds is 14. The summed E-state index contributed by atoms with van der Waals surface area (Å²) >= 11 is 0. The standard InChI is InChI=1S/C22H40O2/c1-6-7-8-12-15-18(2)20(4)21(5)19(3)16-13-10-9-11-14-17-22(23)24/h6-17H2,1-5H3,(H,23,24)/b20-18+,21-19-. The topological polar surface area (TPSA) is 37.3 Å². The van der Waals surface area contributed by atoms with Gasteiger partial charge in [-0.05, 0) is 70.9 Å². The molecule has 0 atom stereocenters. The summed E-state index contributed by atoms with van der Waals surface area (Å²) in [4.78, 5) is 10.5. The van der Waals surface area contributed by atoms with E-state index in [9.17, 15) is 4.79 Å². The van der Waals surface area contributed by atoms with E-state index in [1.165, 1.54) is 68.1 Å². The Morgan fingerprint density at radius 2 is 1.00 bits per heavy atom. The molecule has 2 heteroatoms. The van der Waals surface area contributed by atoms with E-state index < -0.39 is 5.97 Å². The molecule has 0 fully saturated rings. The largest absolute Gasteiger partial charge is 0.481 e. The number of aliphatic carboxylic acids is 1. The first kappa shape index (κ1) is 22.9. The predicted molar refractivity (Wildman–Crippen MR) is 105 cm³/mol. The summed E-state index contributed by atoms with van der Waals surface area (Å²) in [5, 5.41) is 8.62. The van der Waals surface area contributed by atoms with Crippen molar-refractivity contribution in [1.82, 2.24) is 0 Å². The lowest BCUT2D eigenvalue weighted by molar-refractivity contribution is -0.137. The van der Waals surface area contributed by atoms with Crippen LogP contribution in [0, 0.1) is 0 Å². The van der Waals surface area contributed by atoms with E-state index in [0.717, 1.165) is 19.3 Å². The summed E-state index contributed by atoms with van der Waals surface area (Å²) in [7, 11) is 0. The fourth-order valence-corrected chi connectivity index (χ4v) is 3.03. The van der Waals surface area contributed by atoms with Crippen LogP contribution in [0.4, 0.5) is 0 Å². The van der Waals surface area contributed by atoms with Crippen molar-refractivity contribution in [3.8, 4) is 0 Å². The van der Waals surface area contributed by atoms with Gasteiger partial charge in [0.2, 0.25) is 0 Å². The van der Waals surface area contributed by atoms with E-state index in [2.05, 4.69) is 34.6 Å². The van der Waals surface area contributed by atoms with Crippen LogP contribution in [0.15, 0.2) is 22.3 Å². The van der Waals surface area contributed by atoms with Gasteiger partial charge in [0.05, 0.1) is 0 Å². The zero-order chi connectivity index (χ0) is 18.4. The maximum absolute atomic E-state index is 10.5. The van der Waals surface area contributed by atoms with Crippen molar-refractivity contribution in [2.24, 2.45) is 0 Å². The lowest BCUT2D eigenvalue weighted by Crippen LogP contribution is -1.94. The Morgan fingerprint density at radius 3 is 1.42 bits per heavy atom. The van der Waals surface area contributed by atoms with Gasteiger partial charge in [-0.2, -0.15) is 0 Å². The second kappa shape index (κ2) is 14.3. The van der Waals surface area contributed by atoms with Gasteiger partial charge in [0.15, 0.2) is 0 Å². The Kier molecular flexibility index (Phi) is 13.7. The van der Waals surface area contributed by atoms with E-state index >= 15 is 0 Å². The molecular formula is C22H40O2. The van der Waals surface area contributed by atoms with Crippen LogP contribution in [0.25, 0.3) is 0 Å². The van der Waals surface area contributed by atoms with Gasteiger partial charge in [-0.1, -0.05) is 56.6 Å². The molecule has 0 amide bonds. The Morgan fingerprint density at radius 1 is 0.625 bits per heavy atom. The van der Waals surface area contributed by atoms with E-state index in [1.54, 1.807) is 5.57 Å². The van der Waals surface area contributed by atoms with Gasteiger partial charge in [0, 0.05) is 6.42 Å². The summed E-state index contributed by atoms with van der Waals surface area (Å²) in [5.41, 5.74) is 6.04. The summed E-state index contributed by atoms with van der Waals surface area (Å²) in [5.74, 6) is -0.670. The third-order valence-electron chi connectivity index (χ3n) is 5.19. The van der Waals surface area contributed by atoms with Crippen LogP contribution < -0.4 is 0 Å². The second-order valence-corrected chi connectivity index (χ2v) is 7.28. The van der Waals surface area contributed by atoms with Gasteiger partial charge in [-0.25, -0.2) is 0 Å². The van der Waals surface area contributed by atoms with Crippen molar-refractivity contribution < 1.29 is 9.90 Å². The van der Waals surface area contributed by atoms with Gasteiger partial charge in [0.1, 0.15) is 0 Å². The van der Waals surface area contributed by atoms with E-state index in [4.69, 9.17) is 5.11 Å². The molecule has 0 unspecified atom stereocenters. The van der Waals surface area contributed by atoms with Crippen LogP contribution in [0.1, 0.15) is 112 Å². The third-order valence-corrected chi connectivity index (χ3v) is 5.19. The molecule has 0 bridgehead atoms. The molecule has 0 heterocycles. The second-order valence-electron chi connectivity index (χ2n) is 7.28. The van der Waals surface area contributed by atoms with Crippen LogP contribution >= 0.6 is 0 Å². The van der Waals surface area contributed by atoms with Crippen molar-refractivity contribution in [2.45, 2.75) is 112 Å². The summed E-state index contributed by atoms with van der Waals surface area (Å²) in [6.07, 6.45) is 13.5. The Bertz CT molecular complexity index is 416. The number of carboxylic acids is 1. The predicted octanol–water partition coefficient (Wildman–Crippen LogP) is 7.44. The van der Waals surface area contributed by atoms with Gasteiger partial charge in [-0.3, -0.25) is 4.79 Å². The number of unbranched alkanes of at least 4 members (excludes halogenated alkanes) is 7. The monoisotopic (exact) mass is 336 g/mol. The highest BCUT2D eigenvalue weighted by Crippen LogP contribution is 2.24. The number of allylic oxidation sites excluding steroid dienone is 4. The molecule has 0 radical (unpaired) electrons. The fourth-order valence-electron chi connectivity index (χ4n) is 3.03. The fraction of sp³-hybridized carbons (Fsp3) is 0.773. The minimum absolute atomic E-state index is 0.319. The highest BCUT2D eigenvalue weighted by Gasteiger charge is 2.04. The lowest BCUT2D eigenvalue weighted by atomic mass is 9.94. The molecule has 0 aromatic carbocycles. The average molecular weight is 337 g/mol. The van der Waals surface area contributed by atoms with Crippen LogP contribution in [0.3, 0.4) is 0 Å². The number of carboxylic acid groups (broad SMARTS) is 1. The molecule has 24 heavy (non-hydrogen) atoms. The maximum atomic E-state index is 10.5. The number of carbonyl (C=O) groups is 1. The van der Waals surface area contributed by atoms with Crippen molar-refractivity contribution in [3.63, 3.8) is 0 Å². The summed E-state index contributed by atoms with van der Waals surface area (Å²) < 4.78 is 0. The zero-order valence-corrected chi connectivity index (χ0v) is 16.8. The van der Waals surface area contributed by atoms with E-state index in [-0.39, 0.29) is 0 Å². The van der Waals surface area contributed by atoms with Crippen LogP contribution in [0.2, 0.25) is 0 Å². The molecule has 0 rings (SSSR count). The molecule has 0 saturated carbocycles. The molecule has 0 aromatic rings. The van der Waals surface area contributed by atoms with Crippen molar-refractivity contribution in [1.29, 1.82) is 0 Å². The molecule has 2 nitrogen and oxygen atoms in total. The Balaban J connectivity index is 4.13. The molecule has 0 aliphatic heterocycles.